The molecule has 1 saturated heterocycles. The number of ether oxygens (including phenoxy) is 1. The Morgan fingerprint density at radius 2 is 1.59 bits per heavy atom. The Hall–Kier alpha value is -3.49. The molecule has 176 valence electrons. The molecule has 0 bridgehead atoms. The van der Waals surface area contributed by atoms with E-state index < -0.39 is 16.1 Å². The minimum atomic E-state index is -4.05. The lowest BCUT2D eigenvalue weighted by molar-refractivity contribution is -0.121. The summed E-state index contributed by atoms with van der Waals surface area (Å²) in [4.78, 5) is 25.6. The smallest absolute Gasteiger partial charge is 0.241 e. The third-order valence-corrected chi connectivity index (χ3v) is 7.32. The number of aryl methyl sites for hydroxylation is 2. The van der Waals surface area contributed by atoms with Crippen molar-refractivity contribution in [1.29, 1.82) is 0 Å². The van der Waals surface area contributed by atoms with Gasteiger partial charge in [0, 0.05) is 12.8 Å². The van der Waals surface area contributed by atoms with Crippen molar-refractivity contribution in [3.63, 3.8) is 0 Å². The van der Waals surface area contributed by atoms with Gasteiger partial charge in [0.15, 0.2) is 0 Å². The number of hydrogen-bond donors (Lipinski definition) is 1. The Labute approximate surface area is 199 Å². The summed E-state index contributed by atoms with van der Waals surface area (Å²) in [7, 11) is -2.64. The number of anilines is 1. The second kappa shape index (κ2) is 9.40. The highest BCUT2D eigenvalue weighted by Crippen LogP contribution is 2.35. The molecule has 0 unspecified atom stereocenters. The van der Waals surface area contributed by atoms with Crippen LogP contribution in [-0.4, -0.2) is 27.3 Å². The summed E-state index contributed by atoms with van der Waals surface area (Å²) < 4.78 is 35.2. The number of nitrogens with zero attached hydrogens (tertiary/aromatic N) is 1. The lowest BCUT2D eigenvalue weighted by Crippen LogP contribution is -2.31. The van der Waals surface area contributed by atoms with Gasteiger partial charge in [0.1, 0.15) is 5.75 Å². The van der Waals surface area contributed by atoms with Crippen molar-refractivity contribution in [2.24, 2.45) is 0 Å². The molecule has 3 aromatic carbocycles. The lowest BCUT2D eigenvalue weighted by Gasteiger charge is -2.23. The predicted octanol–water partition coefficient (Wildman–Crippen LogP) is 4.03. The fourth-order valence-corrected chi connectivity index (χ4v) is 5.41. The first kappa shape index (κ1) is 23.7. The summed E-state index contributed by atoms with van der Waals surface area (Å²) in [5.41, 5.74) is 3.78. The van der Waals surface area contributed by atoms with Gasteiger partial charge in [0.25, 0.3) is 0 Å². The first-order valence-electron chi connectivity index (χ1n) is 10.9. The summed E-state index contributed by atoms with van der Waals surface area (Å²) in [5, 5.41) is 0. The number of carbonyl (C=O) groups excluding carboxylic acids is 2. The molecule has 1 aliphatic heterocycles. The van der Waals surface area contributed by atoms with Gasteiger partial charge in [-0.1, -0.05) is 54.1 Å². The molecular weight excluding hydrogens is 452 g/mol. The number of amides is 2. The molecule has 0 spiro atoms. The minimum absolute atomic E-state index is 0.0681. The first-order chi connectivity index (χ1) is 16.2. The van der Waals surface area contributed by atoms with E-state index in [1.807, 2.05) is 62.4 Å². The van der Waals surface area contributed by atoms with Gasteiger partial charge in [0.05, 0.1) is 23.7 Å². The van der Waals surface area contributed by atoms with Crippen molar-refractivity contribution in [1.82, 2.24) is 4.72 Å². The Morgan fingerprint density at radius 1 is 0.912 bits per heavy atom. The lowest BCUT2D eigenvalue weighted by atomic mass is 9.95. The molecule has 4 rings (SSSR count). The molecule has 0 saturated carbocycles. The fourth-order valence-electron chi connectivity index (χ4n) is 4.19. The molecule has 0 aliphatic carbocycles. The predicted molar refractivity (Wildman–Crippen MR) is 129 cm³/mol. The van der Waals surface area contributed by atoms with Crippen LogP contribution < -0.4 is 14.4 Å². The van der Waals surface area contributed by atoms with E-state index in [9.17, 15) is 18.0 Å². The van der Waals surface area contributed by atoms with E-state index >= 15 is 0 Å². The van der Waals surface area contributed by atoms with Crippen LogP contribution in [0.4, 0.5) is 5.69 Å². The molecule has 2 amide bonds. The molecule has 3 aromatic rings. The van der Waals surface area contributed by atoms with Crippen molar-refractivity contribution in [2.75, 3.05) is 12.0 Å². The quantitative estimate of drug-likeness (QED) is 0.518. The molecule has 1 aliphatic rings. The van der Waals surface area contributed by atoms with Gasteiger partial charge in [-0.3, -0.25) is 9.59 Å². The Balaban J connectivity index is 1.78. The van der Waals surface area contributed by atoms with Gasteiger partial charge in [-0.15, -0.1) is 0 Å². The standard InChI is InChI=1S/C26H26N2O5S/c1-17-9-11-21(18(2)15-17)26(19-7-5-4-6-8-19)27-34(31,32)20-10-12-23(33-3)22(16-20)28-24(29)13-14-25(28)30/h4-12,15-16,26-27H,13-14H2,1-3H3/t26-/m1/s1. The van der Waals surface area contributed by atoms with Crippen molar-refractivity contribution in [3.8, 4) is 5.75 Å². The van der Waals surface area contributed by atoms with Crippen molar-refractivity contribution in [2.45, 2.75) is 37.6 Å². The second-order valence-electron chi connectivity index (χ2n) is 8.28. The van der Waals surface area contributed by atoms with Gasteiger partial charge in [-0.25, -0.2) is 13.3 Å². The highest BCUT2D eigenvalue weighted by atomic mass is 32.2. The monoisotopic (exact) mass is 478 g/mol. The minimum Gasteiger partial charge on any atom is -0.495 e. The third-order valence-electron chi connectivity index (χ3n) is 5.90. The number of carbonyl (C=O) groups is 2. The van der Waals surface area contributed by atoms with Crippen LogP contribution in [-0.2, 0) is 19.6 Å². The van der Waals surface area contributed by atoms with Crippen LogP contribution in [0, 0.1) is 13.8 Å². The van der Waals surface area contributed by atoms with E-state index in [-0.39, 0.29) is 41.0 Å². The molecule has 1 fully saturated rings. The van der Waals surface area contributed by atoms with Gasteiger partial charge < -0.3 is 4.74 Å². The zero-order valence-corrected chi connectivity index (χ0v) is 20.1. The fraction of sp³-hybridized carbons (Fsp3) is 0.231. The summed E-state index contributed by atoms with van der Waals surface area (Å²) in [6.45, 7) is 3.93. The number of methoxy groups -OCH3 is 1. The zero-order valence-electron chi connectivity index (χ0n) is 19.2. The van der Waals surface area contributed by atoms with Crippen LogP contribution in [0.1, 0.15) is 41.1 Å². The molecule has 1 atom stereocenters. The van der Waals surface area contributed by atoms with Crippen molar-refractivity contribution in [3.05, 3.63) is 89.0 Å². The van der Waals surface area contributed by atoms with E-state index in [2.05, 4.69) is 4.72 Å². The van der Waals surface area contributed by atoms with Crippen LogP contribution in [0.3, 0.4) is 0 Å². The number of nitrogens with one attached hydrogen (secondary N) is 1. The van der Waals surface area contributed by atoms with Crippen LogP contribution >= 0.6 is 0 Å². The summed E-state index contributed by atoms with van der Waals surface area (Å²) in [5.74, 6) is -0.525. The van der Waals surface area contributed by atoms with E-state index in [0.29, 0.717) is 0 Å². The highest BCUT2D eigenvalue weighted by Gasteiger charge is 2.34. The molecule has 34 heavy (non-hydrogen) atoms. The maximum absolute atomic E-state index is 13.6. The zero-order chi connectivity index (χ0) is 24.5. The number of sulfonamides is 1. The highest BCUT2D eigenvalue weighted by molar-refractivity contribution is 7.89. The van der Waals surface area contributed by atoms with E-state index in [1.165, 1.54) is 25.3 Å². The summed E-state index contributed by atoms with van der Waals surface area (Å²) >= 11 is 0. The number of benzene rings is 3. The molecular formula is C26H26N2O5S. The largest absolute Gasteiger partial charge is 0.495 e. The summed E-state index contributed by atoms with van der Waals surface area (Å²) in [6, 6.07) is 18.7. The normalized spacial score (nSPS) is 15.0. The molecule has 0 radical (unpaired) electrons. The molecule has 7 nitrogen and oxygen atoms in total. The average molecular weight is 479 g/mol. The molecule has 0 aromatic heterocycles. The van der Waals surface area contributed by atoms with Crippen LogP contribution in [0.2, 0.25) is 0 Å². The Bertz CT molecular complexity index is 1340. The van der Waals surface area contributed by atoms with E-state index in [4.69, 9.17) is 4.74 Å². The van der Waals surface area contributed by atoms with Crippen LogP contribution in [0.15, 0.2) is 71.6 Å². The Kier molecular flexibility index (Phi) is 6.54. The molecule has 1 N–H and O–H groups in total. The number of imide groups is 1. The summed E-state index contributed by atoms with van der Waals surface area (Å²) in [6.07, 6.45) is 0.167. The van der Waals surface area contributed by atoms with Crippen LogP contribution in [0.5, 0.6) is 5.75 Å². The Morgan fingerprint density at radius 3 is 2.21 bits per heavy atom. The molecule has 8 heteroatoms. The van der Waals surface area contributed by atoms with Crippen molar-refractivity contribution >= 4 is 27.5 Å². The van der Waals surface area contributed by atoms with Gasteiger partial charge >= 0.3 is 0 Å². The SMILES string of the molecule is COc1ccc(S(=O)(=O)N[C@H](c2ccccc2)c2ccc(C)cc2C)cc1N1C(=O)CCC1=O. The molecule has 1 heterocycles. The maximum Gasteiger partial charge on any atom is 0.241 e. The third kappa shape index (κ3) is 4.60. The van der Waals surface area contributed by atoms with Gasteiger partial charge in [0.2, 0.25) is 21.8 Å². The van der Waals surface area contributed by atoms with Gasteiger partial charge in [-0.2, -0.15) is 4.72 Å². The number of hydrogen-bond acceptors (Lipinski definition) is 5. The topological polar surface area (TPSA) is 92.8 Å². The average Bonchev–Trinajstić information content (AvgIpc) is 3.15. The van der Waals surface area contributed by atoms with E-state index in [0.717, 1.165) is 27.2 Å². The number of rotatable bonds is 7. The first-order valence-corrected chi connectivity index (χ1v) is 12.4. The van der Waals surface area contributed by atoms with Crippen LogP contribution in [0.25, 0.3) is 0 Å². The van der Waals surface area contributed by atoms with E-state index in [1.54, 1.807) is 0 Å². The van der Waals surface area contributed by atoms with Gasteiger partial charge in [-0.05, 0) is 48.7 Å². The second-order valence-corrected chi connectivity index (χ2v) is 10.00. The maximum atomic E-state index is 13.6. The van der Waals surface area contributed by atoms with Crippen molar-refractivity contribution < 1.29 is 22.7 Å².